The predicted molar refractivity (Wildman–Crippen MR) is 110 cm³/mol. The summed E-state index contributed by atoms with van der Waals surface area (Å²) in [5, 5.41) is 17.0. The molecule has 0 bridgehead atoms. The number of benzene rings is 1. The van der Waals surface area contributed by atoms with Gasteiger partial charge >= 0.3 is 0 Å². The number of H-pyrrole nitrogens is 1. The first-order chi connectivity index (χ1) is 14.7. The Kier molecular flexibility index (Phi) is 4.25. The third-order valence-corrected chi connectivity index (χ3v) is 4.91. The van der Waals surface area contributed by atoms with Crippen molar-refractivity contribution in [2.45, 2.75) is 0 Å². The summed E-state index contributed by atoms with van der Waals surface area (Å²) in [6, 6.07) is 6.90. The van der Waals surface area contributed by atoms with E-state index in [1.54, 1.807) is 53.6 Å². The molecule has 0 aliphatic carbocycles. The Morgan fingerprint density at radius 3 is 2.87 bits per heavy atom. The van der Waals surface area contributed by atoms with Gasteiger partial charge in [0.2, 0.25) is 12.4 Å². The number of aromatic amines is 1. The Balaban J connectivity index is 1.68. The second-order valence-electron chi connectivity index (χ2n) is 6.31. The third-order valence-electron chi connectivity index (χ3n) is 4.55. The molecule has 30 heavy (non-hydrogen) atoms. The third kappa shape index (κ3) is 2.90. The summed E-state index contributed by atoms with van der Waals surface area (Å²) in [5.74, 6) is -0.0325. The number of carbonyl (C=O) groups is 1. The van der Waals surface area contributed by atoms with Crippen LogP contribution in [0.25, 0.3) is 27.5 Å². The lowest BCUT2D eigenvalue weighted by atomic mass is 10.0. The summed E-state index contributed by atoms with van der Waals surface area (Å²) < 4.78 is 16.9. The number of nitrogens with zero attached hydrogens (tertiary/aromatic N) is 5. The molecule has 0 radical (unpaired) electrons. The highest BCUT2D eigenvalue weighted by atomic mass is 35.5. The minimum absolute atomic E-state index is 0.0718. The number of amides is 1. The van der Waals surface area contributed by atoms with Gasteiger partial charge in [0.25, 0.3) is 0 Å². The van der Waals surface area contributed by atoms with Gasteiger partial charge in [0.1, 0.15) is 5.69 Å². The van der Waals surface area contributed by atoms with Crippen molar-refractivity contribution in [3.8, 4) is 11.1 Å². The lowest BCUT2D eigenvalue weighted by Gasteiger charge is -2.13. The standard InChI is InChI=1S/C19H12ClFN8O/c20-15-14(10-2-5-29-11(6-10)7-13(28-29)24-9-30)12-8-25-27-17(12)18(16(15)21)26-19-22-3-1-4-23-19/h1-9H,(H,25,27)(H,22,23,26)(H,24,28,30). The number of halogens is 2. The van der Waals surface area contributed by atoms with Crippen LogP contribution >= 0.6 is 11.6 Å². The number of carbonyl (C=O) groups excluding carboxylic acids is 1. The van der Waals surface area contributed by atoms with Crippen LogP contribution in [0, 0.1) is 5.82 Å². The van der Waals surface area contributed by atoms with Crippen molar-refractivity contribution in [1.29, 1.82) is 0 Å². The first-order valence-corrected chi connectivity index (χ1v) is 9.11. The number of anilines is 3. The average molecular weight is 423 g/mol. The molecule has 1 aromatic carbocycles. The molecular weight excluding hydrogens is 411 g/mol. The highest BCUT2D eigenvalue weighted by Gasteiger charge is 2.22. The van der Waals surface area contributed by atoms with Crippen molar-refractivity contribution in [2.75, 3.05) is 10.6 Å². The second-order valence-corrected chi connectivity index (χ2v) is 6.69. The first-order valence-electron chi connectivity index (χ1n) is 8.74. The monoisotopic (exact) mass is 422 g/mol. The van der Waals surface area contributed by atoms with Crippen LogP contribution < -0.4 is 10.6 Å². The zero-order valence-corrected chi connectivity index (χ0v) is 15.9. The second kappa shape index (κ2) is 7.08. The van der Waals surface area contributed by atoms with E-state index in [0.717, 1.165) is 0 Å². The van der Waals surface area contributed by atoms with E-state index in [1.165, 1.54) is 0 Å². The zero-order chi connectivity index (χ0) is 20.7. The molecule has 4 heterocycles. The van der Waals surface area contributed by atoms with E-state index in [-0.39, 0.29) is 16.7 Å². The fourth-order valence-corrected chi connectivity index (χ4v) is 3.58. The number of hydrogen-bond donors (Lipinski definition) is 3. The molecule has 5 rings (SSSR count). The van der Waals surface area contributed by atoms with Crippen molar-refractivity contribution in [3.63, 3.8) is 0 Å². The minimum atomic E-state index is -0.660. The largest absolute Gasteiger partial charge is 0.320 e. The quantitative estimate of drug-likeness (QED) is 0.371. The van der Waals surface area contributed by atoms with E-state index in [2.05, 4.69) is 35.9 Å². The van der Waals surface area contributed by atoms with Gasteiger partial charge in [0.05, 0.1) is 22.3 Å². The van der Waals surface area contributed by atoms with E-state index >= 15 is 4.39 Å². The molecule has 0 saturated heterocycles. The van der Waals surface area contributed by atoms with Crippen molar-refractivity contribution in [3.05, 3.63) is 59.9 Å². The molecule has 1 amide bonds. The Bertz CT molecular complexity index is 1400. The topological polar surface area (TPSA) is 113 Å². The van der Waals surface area contributed by atoms with Gasteiger partial charge in [0, 0.05) is 35.6 Å². The van der Waals surface area contributed by atoms with Crippen LogP contribution in [-0.2, 0) is 4.79 Å². The summed E-state index contributed by atoms with van der Waals surface area (Å²) in [7, 11) is 0. The molecule has 0 saturated carbocycles. The maximum absolute atomic E-state index is 15.3. The van der Waals surface area contributed by atoms with Gasteiger partial charge < -0.3 is 10.6 Å². The fourth-order valence-electron chi connectivity index (χ4n) is 3.27. The Hall–Kier alpha value is -4.05. The molecule has 4 aromatic heterocycles. The molecule has 3 N–H and O–H groups in total. The molecule has 0 aliphatic heterocycles. The van der Waals surface area contributed by atoms with Crippen molar-refractivity contribution < 1.29 is 9.18 Å². The normalized spacial score (nSPS) is 11.1. The highest BCUT2D eigenvalue weighted by molar-refractivity contribution is 6.36. The van der Waals surface area contributed by atoms with E-state index in [9.17, 15) is 4.79 Å². The molecule has 0 aliphatic rings. The first kappa shape index (κ1) is 18.0. The van der Waals surface area contributed by atoms with Crippen molar-refractivity contribution >= 4 is 51.9 Å². The smallest absolute Gasteiger partial charge is 0.227 e. The molecule has 11 heteroatoms. The van der Waals surface area contributed by atoms with Crippen LogP contribution in [0.15, 0.2) is 49.1 Å². The number of rotatable bonds is 5. The Morgan fingerprint density at radius 1 is 1.23 bits per heavy atom. The lowest BCUT2D eigenvalue weighted by molar-refractivity contribution is -0.105. The van der Waals surface area contributed by atoms with Gasteiger partial charge in [-0.3, -0.25) is 9.89 Å². The maximum atomic E-state index is 15.3. The van der Waals surface area contributed by atoms with Gasteiger partial charge in [0.15, 0.2) is 11.6 Å². The van der Waals surface area contributed by atoms with Gasteiger partial charge in [-0.1, -0.05) is 11.6 Å². The fraction of sp³-hybridized carbons (Fsp3) is 0. The molecule has 0 fully saturated rings. The predicted octanol–water partition coefficient (Wildman–Crippen LogP) is 3.77. The molecule has 0 atom stereocenters. The van der Waals surface area contributed by atoms with E-state index < -0.39 is 5.82 Å². The Labute approximate surface area is 172 Å². The number of fused-ring (bicyclic) bond motifs is 2. The summed E-state index contributed by atoms with van der Waals surface area (Å²) in [6.45, 7) is 0. The minimum Gasteiger partial charge on any atom is -0.320 e. The SMILES string of the molecule is O=CNc1cc2cc(-c3c(Cl)c(F)c(Nc4ncccn4)c4[nH]ncc34)ccn2n1. The summed E-state index contributed by atoms with van der Waals surface area (Å²) in [5.41, 5.74) is 2.37. The Morgan fingerprint density at radius 2 is 2.07 bits per heavy atom. The maximum Gasteiger partial charge on any atom is 0.227 e. The van der Waals surface area contributed by atoms with Crippen molar-refractivity contribution in [1.82, 2.24) is 29.8 Å². The van der Waals surface area contributed by atoms with Crippen LogP contribution in [0.3, 0.4) is 0 Å². The summed E-state index contributed by atoms with van der Waals surface area (Å²) >= 11 is 6.46. The number of pyridine rings is 1. The van der Waals surface area contributed by atoms with Gasteiger partial charge in [-0.2, -0.15) is 10.2 Å². The van der Waals surface area contributed by atoms with Gasteiger partial charge in [-0.15, -0.1) is 0 Å². The molecular formula is C19H12ClFN8O. The number of hydrogen-bond acceptors (Lipinski definition) is 6. The highest BCUT2D eigenvalue weighted by Crippen LogP contribution is 2.42. The van der Waals surface area contributed by atoms with Crippen LogP contribution in [0.2, 0.25) is 5.02 Å². The van der Waals surface area contributed by atoms with Crippen LogP contribution in [0.5, 0.6) is 0 Å². The van der Waals surface area contributed by atoms with Crippen LogP contribution in [0.1, 0.15) is 0 Å². The lowest BCUT2D eigenvalue weighted by Crippen LogP contribution is -2.01. The van der Waals surface area contributed by atoms with E-state index in [0.29, 0.717) is 39.8 Å². The van der Waals surface area contributed by atoms with E-state index in [4.69, 9.17) is 11.6 Å². The van der Waals surface area contributed by atoms with Crippen LogP contribution in [-0.4, -0.2) is 36.2 Å². The molecule has 5 aromatic rings. The van der Waals surface area contributed by atoms with Gasteiger partial charge in [-0.25, -0.2) is 18.9 Å². The molecule has 9 nitrogen and oxygen atoms in total. The van der Waals surface area contributed by atoms with E-state index in [1.807, 2.05) is 0 Å². The zero-order valence-electron chi connectivity index (χ0n) is 15.1. The van der Waals surface area contributed by atoms with Crippen LogP contribution in [0.4, 0.5) is 21.8 Å². The summed E-state index contributed by atoms with van der Waals surface area (Å²) in [6.07, 6.45) is 6.91. The molecule has 0 unspecified atom stereocenters. The average Bonchev–Trinajstić information content (AvgIpc) is 3.39. The van der Waals surface area contributed by atoms with Gasteiger partial charge in [-0.05, 0) is 23.8 Å². The molecule has 0 spiro atoms. The van der Waals surface area contributed by atoms with Crippen molar-refractivity contribution in [2.24, 2.45) is 0 Å². The summed E-state index contributed by atoms with van der Waals surface area (Å²) in [4.78, 5) is 18.8. The number of nitrogens with one attached hydrogen (secondary N) is 3. The molecule has 148 valence electrons. The number of aromatic nitrogens is 6.